The minimum absolute atomic E-state index is 0.585. The molecule has 0 amide bonds. The summed E-state index contributed by atoms with van der Waals surface area (Å²) in [4.78, 5) is 0. The molecule has 5 nitrogen and oxygen atoms in total. The summed E-state index contributed by atoms with van der Waals surface area (Å²) in [6.07, 6.45) is 2.16. The summed E-state index contributed by atoms with van der Waals surface area (Å²) in [5.74, 6) is 0. The van der Waals surface area contributed by atoms with Gasteiger partial charge in [0.05, 0.1) is 0 Å². The Morgan fingerprint density at radius 1 is 1.00 bits per heavy atom. The predicted octanol–water partition coefficient (Wildman–Crippen LogP) is 3.76. The lowest BCUT2D eigenvalue weighted by Gasteiger charge is -2.29. The van der Waals surface area contributed by atoms with E-state index in [4.69, 9.17) is 22.0 Å². The van der Waals surface area contributed by atoms with Crippen molar-refractivity contribution < 1.29 is 22.0 Å². The van der Waals surface area contributed by atoms with Gasteiger partial charge in [-0.25, -0.2) is 0 Å². The van der Waals surface area contributed by atoms with Gasteiger partial charge >= 0.3 is 8.80 Å². The lowest BCUT2D eigenvalue weighted by molar-refractivity contribution is 0.0859. The zero-order valence-electron chi connectivity index (χ0n) is 16.4. The Labute approximate surface area is 170 Å². The molecule has 2 aromatic carbocycles. The van der Waals surface area contributed by atoms with E-state index in [0.29, 0.717) is 19.8 Å². The van der Waals surface area contributed by atoms with Crippen molar-refractivity contribution >= 4 is 46.5 Å². The average Bonchev–Trinajstić information content (AvgIpc) is 2.62. The van der Waals surface area contributed by atoms with E-state index in [1.54, 1.807) is 0 Å². The number of hydrogen-bond donors (Lipinski definition) is 1. The zero-order valence-corrected chi connectivity index (χ0v) is 19.1. The minimum atomic E-state index is -2.85. The molecule has 0 radical (unpaired) electrons. The predicted molar refractivity (Wildman–Crippen MR) is 116 cm³/mol. The van der Waals surface area contributed by atoms with E-state index in [9.17, 15) is 0 Å². The molecule has 0 aliphatic rings. The first kappa shape index (κ1) is 24.3. The quantitative estimate of drug-likeness (QED) is 0.284. The number of thiol groups is 1. The van der Waals surface area contributed by atoms with Gasteiger partial charge < -0.3 is 17.8 Å². The van der Waals surface area contributed by atoms with Crippen molar-refractivity contribution in [3.63, 3.8) is 0 Å². The maximum absolute atomic E-state index is 8.86. The third kappa shape index (κ3) is 7.30. The van der Waals surface area contributed by atoms with Crippen molar-refractivity contribution in [3.05, 3.63) is 42.0 Å². The van der Waals surface area contributed by atoms with Crippen LogP contribution in [0.3, 0.4) is 0 Å². The van der Waals surface area contributed by atoms with Gasteiger partial charge in [-0.2, -0.15) is 0 Å². The molecule has 0 saturated heterocycles. The van der Waals surface area contributed by atoms with Crippen LogP contribution in [0.1, 0.15) is 39.7 Å². The second-order valence-corrected chi connectivity index (χ2v) is 9.56. The molecule has 2 aromatic rings. The summed E-state index contributed by atoms with van der Waals surface area (Å²) in [6, 6.07) is 12.9. The van der Waals surface area contributed by atoms with Gasteiger partial charge in [-0.15, -0.1) is 0 Å². The molecule has 152 valence electrons. The molecular weight excluding hydrogens is 400 g/mol. The van der Waals surface area contributed by atoms with Crippen molar-refractivity contribution in [1.29, 1.82) is 0 Å². The summed E-state index contributed by atoms with van der Waals surface area (Å²) < 4.78 is 35.9. The standard InChI is InChI=1S/C19H28O3Si.H2O2S2/c1-5-11-16-14-18(15-17-12-9-10-13-19(16)17)23(20-6-2,21-7-3)22-8-4;1-4(2)3/h9-10,12-15H,5-8,11H2,1-4H3;(H2,1,2,3)/p-1. The molecule has 0 fully saturated rings. The molecule has 0 N–H and O–H groups in total. The number of benzene rings is 2. The van der Waals surface area contributed by atoms with Crippen LogP contribution < -0.4 is 5.19 Å². The fraction of sp³-hybridized carbons (Fsp3) is 0.474. The molecular formula is C19H29O5S2Si-. The molecule has 0 aliphatic heterocycles. The summed E-state index contributed by atoms with van der Waals surface area (Å²) in [5, 5.41) is 3.61. The second-order valence-electron chi connectivity index (χ2n) is 5.68. The van der Waals surface area contributed by atoms with E-state index in [1.807, 2.05) is 20.8 Å². The Hall–Kier alpha value is -0.743. The third-order valence-electron chi connectivity index (χ3n) is 3.82. The number of hydrogen-bond acceptors (Lipinski definition) is 5. The Morgan fingerprint density at radius 3 is 2.00 bits per heavy atom. The molecule has 0 heterocycles. The number of rotatable bonds is 9. The van der Waals surface area contributed by atoms with Gasteiger partial charge in [0.2, 0.25) is 0 Å². The van der Waals surface area contributed by atoms with Crippen molar-refractivity contribution in [1.82, 2.24) is 0 Å². The largest absolute Gasteiger partial charge is 0.764 e. The Balaban J connectivity index is 0.000000828. The van der Waals surface area contributed by atoms with Crippen LogP contribution in [0.5, 0.6) is 0 Å². The Morgan fingerprint density at radius 2 is 1.52 bits per heavy atom. The van der Waals surface area contributed by atoms with Crippen LogP contribution in [-0.4, -0.2) is 37.4 Å². The fourth-order valence-corrected chi connectivity index (χ4v) is 5.56. The van der Waals surface area contributed by atoms with Crippen molar-refractivity contribution in [2.75, 3.05) is 19.8 Å². The van der Waals surface area contributed by atoms with Crippen LogP contribution >= 0.6 is 11.7 Å². The van der Waals surface area contributed by atoms with E-state index in [0.717, 1.165) is 18.0 Å². The molecule has 1 unspecified atom stereocenters. The number of fused-ring (bicyclic) bond motifs is 1. The average molecular weight is 430 g/mol. The first-order valence-electron chi connectivity index (χ1n) is 9.16. The van der Waals surface area contributed by atoms with Gasteiger partial charge in [0.15, 0.2) is 0 Å². The second kappa shape index (κ2) is 12.7. The van der Waals surface area contributed by atoms with Crippen LogP contribution in [0.2, 0.25) is 0 Å². The summed E-state index contributed by atoms with van der Waals surface area (Å²) >= 11 is 2.88. The highest BCUT2D eigenvalue weighted by atomic mass is 33.1. The summed E-state index contributed by atoms with van der Waals surface area (Å²) in [5.41, 5.74) is 1.34. The maximum atomic E-state index is 8.86. The number of aryl methyl sites for hydroxylation is 1. The van der Waals surface area contributed by atoms with Crippen LogP contribution in [0.15, 0.2) is 36.4 Å². The van der Waals surface area contributed by atoms with Crippen molar-refractivity contribution in [2.45, 2.75) is 40.5 Å². The molecule has 27 heavy (non-hydrogen) atoms. The summed E-state index contributed by atoms with van der Waals surface area (Å²) in [6.45, 7) is 9.95. The van der Waals surface area contributed by atoms with E-state index in [-0.39, 0.29) is 0 Å². The first-order chi connectivity index (χ1) is 12.9. The Kier molecular flexibility index (Phi) is 11.4. The van der Waals surface area contributed by atoms with Crippen molar-refractivity contribution in [3.8, 4) is 0 Å². The van der Waals surface area contributed by atoms with Crippen LogP contribution in [0.25, 0.3) is 10.8 Å². The molecule has 0 bridgehead atoms. The van der Waals surface area contributed by atoms with Gasteiger partial charge in [-0.05, 0) is 49.6 Å². The topological polar surface area (TPSA) is 67.8 Å². The van der Waals surface area contributed by atoms with Crippen LogP contribution in [0, 0.1) is 0 Å². The van der Waals surface area contributed by atoms with Crippen molar-refractivity contribution in [2.24, 2.45) is 0 Å². The zero-order chi connectivity index (χ0) is 20.3. The van der Waals surface area contributed by atoms with Gasteiger partial charge in [0.1, 0.15) is 0 Å². The van der Waals surface area contributed by atoms with E-state index in [2.05, 4.69) is 55.0 Å². The van der Waals surface area contributed by atoms with E-state index >= 15 is 0 Å². The molecule has 0 aliphatic carbocycles. The highest BCUT2D eigenvalue weighted by Crippen LogP contribution is 2.22. The first-order valence-corrected chi connectivity index (χ1v) is 13.0. The normalized spacial score (nSPS) is 12.5. The highest BCUT2D eigenvalue weighted by Gasteiger charge is 2.43. The minimum Gasteiger partial charge on any atom is -0.764 e. The lowest BCUT2D eigenvalue weighted by Crippen LogP contribution is -2.57. The van der Waals surface area contributed by atoms with Gasteiger partial charge in [0.25, 0.3) is 0 Å². The smallest absolute Gasteiger partial charge is 0.537 e. The molecule has 1 atom stereocenters. The van der Waals surface area contributed by atoms with E-state index in [1.165, 1.54) is 16.3 Å². The van der Waals surface area contributed by atoms with Crippen LogP contribution in [-0.2, 0) is 29.8 Å². The summed E-state index contributed by atoms with van der Waals surface area (Å²) in [7, 11) is -5.02. The fourth-order valence-electron chi connectivity index (χ4n) is 2.99. The van der Waals surface area contributed by atoms with Gasteiger partial charge in [0, 0.05) is 35.1 Å². The molecule has 0 aromatic heterocycles. The maximum Gasteiger partial charge on any atom is 0.537 e. The molecule has 0 saturated carbocycles. The van der Waals surface area contributed by atoms with Crippen LogP contribution in [0.4, 0.5) is 0 Å². The highest BCUT2D eigenvalue weighted by molar-refractivity contribution is 8.57. The lowest BCUT2D eigenvalue weighted by atomic mass is 10.0. The SMILES string of the molecule is CCCc1cc([Si](OCC)(OCC)OCC)cc2ccccc12.O=S([O-])S. The Bertz CT molecular complexity index is 705. The van der Waals surface area contributed by atoms with E-state index < -0.39 is 18.9 Å². The molecule has 2 rings (SSSR count). The third-order valence-corrected chi connectivity index (χ3v) is 6.83. The monoisotopic (exact) mass is 429 g/mol. The van der Waals surface area contributed by atoms with Gasteiger partial charge in [-0.1, -0.05) is 55.3 Å². The van der Waals surface area contributed by atoms with Gasteiger partial charge in [-0.3, -0.25) is 4.21 Å². The molecule has 8 heteroatoms. The molecule has 0 spiro atoms.